The molecule has 1 aromatic carbocycles. The van der Waals surface area contributed by atoms with Crippen LogP contribution in [-0.4, -0.2) is 23.0 Å². The average molecular weight is 249 g/mol. The van der Waals surface area contributed by atoms with E-state index >= 15 is 0 Å². The highest BCUT2D eigenvalue weighted by molar-refractivity contribution is 5.56. The predicted octanol–water partition coefficient (Wildman–Crippen LogP) is 1.87. The van der Waals surface area contributed by atoms with E-state index in [1.54, 1.807) is 0 Å². The van der Waals surface area contributed by atoms with Gasteiger partial charge in [0.1, 0.15) is 5.75 Å². The quantitative estimate of drug-likeness (QED) is 0.797. The molecule has 0 radical (unpaired) electrons. The van der Waals surface area contributed by atoms with E-state index in [1.807, 2.05) is 0 Å². The largest absolute Gasteiger partial charge is 0.508 e. The third kappa shape index (κ3) is 2.29. The zero-order valence-corrected chi connectivity index (χ0v) is 8.61. The third-order valence-electron chi connectivity index (χ3n) is 2.40. The molecule has 2 N–H and O–H groups in total. The van der Waals surface area contributed by atoms with Gasteiger partial charge < -0.3 is 10.2 Å². The van der Waals surface area contributed by atoms with Crippen molar-refractivity contribution in [1.82, 2.24) is 0 Å². The van der Waals surface area contributed by atoms with Crippen molar-refractivity contribution >= 4 is 5.69 Å². The molecule has 0 saturated carbocycles. The molecular formula is C10H10F3NO3. The van der Waals surface area contributed by atoms with Crippen molar-refractivity contribution in [3.05, 3.63) is 23.8 Å². The Balaban J connectivity index is 2.46. The van der Waals surface area contributed by atoms with Crippen LogP contribution in [0, 0.1) is 0 Å². The zero-order valence-electron chi connectivity index (χ0n) is 8.61. The molecule has 7 heteroatoms. The molecule has 1 heterocycles. The van der Waals surface area contributed by atoms with Crippen LogP contribution in [0.15, 0.2) is 18.2 Å². The highest BCUT2D eigenvalue weighted by atomic mass is 19.4. The number of phenolic OH excluding ortho intramolecular Hbond substituents is 1. The molecule has 0 aliphatic carbocycles. The summed E-state index contributed by atoms with van der Waals surface area (Å²) in [6.45, 7) is 0.152. The van der Waals surface area contributed by atoms with Gasteiger partial charge >= 0.3 is 6.18 Å². The maximum absolute atomic E-state index is 12.7. The standard InChI is InChI=1S/C10H10F3NO3/c11-10(12,13)7-5-6(15)1-2-8(7)14-9(16)3-4-17-14/h1-2,5,9,15-16H,3-4H2. The number of alkyl halides is 3. The minimum absolute atomic E-state index is 0.152. The van der Waals surface area contributed by atoms with Crippen LogP contribution in [0.4, 0.5) is 18.9 Å². The van der Waals surface area contributed by atoms with Crippen LogP contribution in [-0.2, 0) is 11.0 Å². The van der Waals surface area contributed by atoms with Crippen LogP contribution in [0.5, 0.6) is 5.75 Å². The van der Waals surface area contributed by atoms with Crippen molar-refractivity contribution in [1.29, 1.82) is 0 Å². The van der Waals surface area contributed by atoms with Crippen LogP contribution in [0.25, 0.3) is 0 Å². The summed E-state index contributed by atoms with van der Waals surface area (Å²) in [5, 5.41) is 19.4. The van der Waals surface area contributed by atoms with Gasteiger partial charge in [0.05, 0.1) is 17.9 Å². The predicted molar refractivity (Wildman–Crippen MR) is 52.2 cm³/mol. The van der Waals surface area contributed by atoms with Crippen molar-refractivity contribution in [2.45, 2.75) is 18.8 Å². The zero-order chi connectivity index (χ0) is 12.6. The fraction of sp³-hybridized carbons (Fsp3) is 0.400. The topological polar surface area (TPSA) is 52.9 Å². The summed E-state index contributed by atoms with van der Waals surface area (Å²) in [6.07, 6.45) is -5.50. The summed E-state index contributed by atoms with van der Waals surface area (Å²) in [4.78, 5) is 4.93. The normalized spacial score (nSPS) is 20.9. The highest BCUT2D eigenvalue weighted by Crippen LogP contribution is 2.40. The van der Waals surface area contributed by atoms with E-state index in [0.717, 1.165) is 17.2 Å². The molecule has 0 spiro atoms. The first-order valence-corrected chi connectivity index (χ1v) is 4.90. The number of nitrogens with zero attached hydrogens (tertiary/aromatic N) is 1. The number of anilines is 1. The fourth-order valence-electron chi connectivity index (χ4n) is 1.63. The van der Waals surface area contributed by atoms with Crippen LogP contribution < -0.4 is 5.06 Å². The molecular weight excluding hydrogens is 239 g/mol. The fourth-order valence-corrected chi connectivity index (χ4v) is 1.63. The Morgan fingerprint density at radius 2 is 2.06 bits per heavy atom. The lowest BCUT2D eigenvalue weighted by atomic mass is 10.1. The van der Waals surface area contributed by atoms with Gasteiger partial charge in [-0.05, 0) is 18.2 Å². The number of rotatable bonds is 1. The first-order chi connectivity index (χ1) is 7.89. The second kappa shape index (κ2) is 4.08. The monoisotopic (exact) mass is 249 g/mol. The smallest absolute Gasteiger partial charge is 0.418 e. The Morgan fingerprint density at radius 3 is 2.59 bits per heavy atom. The van der Waals surface area contributed by atoms with Gasteiger partial charge in [0.15, 0.2) is 6.23 Å². The summed E-state index contributed by atoms with van der Waals surface area (Å²) in [5.74, 6) is -0.491. The van der Waals surface area contributed by atoms with Crippen molar-refractivity contribution < 1.29 is 28.2 Å². The number of phenols is 1. The van der Waals surface area contributed by atoms with Gasteiger partial charge in [0.2, 0.25) is 0 Å². The number of aliphatic hydroxyl groups excluding tert-OH is 1. The van der Waals surface area contributed by atoms with E-state index in [0.29, 0.717) is 6.07 Å². The summed E-state index contributed by atoms with van der Waals surface area (Å²) in [6, 6.07) is 2.77. The molecule has 0 bridgehead atoms. The first-order valence-electron chi connectivity index (χ1n) is 4.90. The molecule has 1 atom stereocenters. The van der Waals surface area contributed by atoms with Gasteiger partial charge in [-0.2, -0.15) is 13.2 Å². The van der Waals surface area contributed by atoms with E-state index in [4.69, 9.17) is 9.94 Å². The molecule has 1 aliphatic heterocycles. The second-order valence-electron chi connectivity index (χ2n) is 3.63. The number of benzene rings is 1. The summed E-state index contributed by atoms with van der Waals surface area (Å²) < 4.78 is 38.2. The van der Waals surface area contributed by atoms with E-state index in [-0.39, 0.29) is 18.7 Å². The van der Waals surface area contributed by atoms with Crippen molar-refractivity contribution in [3.63, 3.8) is 0 Å². The van der Waals surface area contributed by atoms with Crippen molar-refractivity contribution in [3.8, 4) is 5.75 Å². The summed E-state index contributed by atoms with van der Waals surface area (Å²) >= 11 is 0. The van der Waals surface area contributed by atoms with Crippen molar-refractivity contribution in [2.75, 3.05) is 11.7 Å². The van der Waals surface area contributed by atoms with E-state index < -0.39 is 23.7 Å². The number of aliphatic hydroxyl groups is 1. The molecule has 1 saturated heterocycles. The van der Waals surface area contributed by atoms with Crippen LogP contribution in [0.1, 0.15) is 12.0 Å². The molecule has 94 valence electrons. The molecule has 17 heavy (non-hydrogen) atoms. The molecule has 4 nitrogen and oxygen atoms in total. The summed E-state index contributed by atoms with van der Waals surface area (Å²) in [5.41, 5.74) is -1.35. The Morgan fingerprint density at radius 1 is 1.35 bits per heavy atom. The Kier molecular flexibility index (Phi) is 2.88. The van der Waals surface area contributed by atoms with Gasteiger partial charge in [-0.1, -0.05) is 0 Å². The first kappa shape index (κ1) is 12.0. The minimum Gasteiger partial charge on any atom is -0.508 e. The van der Waals surface area contributed by atoms with Crippen molar-refractivity contribution in [2.24, 2.45) is 0 Å². The molecule has 1 aliphatic rings. The number of hydrogen-bond donors (Lipinski definition) is 2. The molecule has 2 rings (SSSR count). The highest BCUT2D eigenvalue weighted by Gasteiger charge is 2.38. The maximum atomic E-state index is 12.7. The SMILES string of the molecule is Oc1ccc(N2OCCC2O)c(C(F)(F)F)c1. The maximum Gasteiger partial charge on any atom is 0.418 e. The van der Waals surface area contributed by atoms with Gasteiger partial charge in [-0.3, -0.25) is 4.84 Å². The number of hydrogen-bond acceptors (Lipinski definition) is 4. The lowest BCUT2D eigenvalue weighted by Crippen LogP contribution is -2.29. The van der Waals surface area contributed by atoms with Crippen LogP contribution >= 0.6 is 0 Å². The third-order valence-corrected chi connectivity index (χ3v) is 2.40. The van der Waals surface area contributed by atoms with Crippen LogP contribution in [0.2, 0.25) is 0 Å². The van der Waals surface area contributed by atoms with Gasteiger partial charge in [-0.15, -0.1) is 0 Å². The minimum atomic E-state index is -4.63. The van der Waals surface area contributed by atoms with E-state index in [9.17, 15) is 18.3 Å². The molecule has 1 fully saturated rings. The molecule has 1 unspecified atom stereocenters. The van der Waals surface area contributed by atoms with Gasteiger partial charge in [0.25, 0.3) is 0 Å². The summed E-state index contributed by atoms with van der Waals surface area (Å²) in [7, 11) is 0. The lowest BCUT2D eigenvalue weighted by molar-refractivity contribution is -0.137. The van der Waals surface area contributed by atoms with Gasteiger partial charge in [-0.25, -0.2) is 5.06 Å². The average Bonchev–Trinajstić information content (AvgIpc) is 2.63. The van der Waals surface area contributed by atoms with E-state index in [2.05, 4.69) is 0 Å². The molecule has 0 amide bonds. The van der Waals surface area contributed by atoms with E-state index in [1.165, 1.54) is 0 Å². The lowest BCUT2D eigenvalue weighted by Gasteiger charge is -2.24. The van der Waals surface area contributed by atoms with Crippen LogP contribution in [0.3, 0.4) is 0 Å². The number of aromatic hydroxyl groups is 1. The molecule has 1 aromatic rings. The van der Waals surface area contributed by atoms with Gasteiger partial charge in [0, 0.05) is 6.42 Å². The Labute approximate surface area is 94.8 Å². The number of hydroxylamine groups is 1. The number of halogens is 3. The molecule has 0 aromatic heterocycles. The second-order valence-corrected chi connectivity index (χ2v) is 3.63. The Hall–Kier alpha value is -1.47. The Bertz CT molecular complexity index is 422.